The first-order chi connectivity index (χ1) is 20.2. The van der Waals surface area contributed by atoms with Crippen LogP contribution in [0.2, 0.25) is 0 Å². The summed E-state index contributed by atoms with van der Waals surface area (Å²) in [6.45, 7) is 7.21. The molecular weight excluding hydrogens is 589 g/mol. The number of aromatic nitrogens is 4. The Morgan fingerprint density at radius 1 is 1.12 bits per heavy atom. The number of rotatable bonds is 5. The molecule has 5 rings (SSSR count). The third-order valence-corrected chi connectivity index (χ3v) is 7.13. The first-order valence-electron chi connectivity index (χ1n) is 13.5. The second-order valence-electron chi connectivity index (χ2n) is 10.3. The number of aryl methyl sites for hydroxylation is 1. The van der Waals surface area contributed by atoms with Gasteiger partial charge in [-0.15, -0.1) is 0 Å². The smallest absolute Gasteiger partial charge is 0.379 e. The van der Waals surface area contributed by atoms with Crippen LogP contribution in [-0.2, 0) is 21.0 Å². The second kappa shape index (κ2) is 13.3. The van der Waals surface area contributed by atoms with Crippen LogP contribution in [0, 0.1) is 13.8 Å². The number of nitrogens with zero attached hydrogens (tertiary/aromatic N) is 5. The monoisotopic (exact) mass is 622 g/mol. The Bertz CT molecular complexity index is 1580. The number of halogens is 3. The van der Waals surface area contributed by atoms with Gasteiger partial charge in [0, 0.05) is 25.3 Å². The SMILES string of the molecule is CS(=O)(=O)O.Cc1cc(NC(=O)c2cnn(-c3ccc(C(F)(F)F)cn3)c2C)cnc1C1=CCC(N2CCOCC2)CC1. The third-order valence-electron chi connectivity index (χ3n) is 7.13. The molecule has 15 heteroatoms. The van der Waals surface area contributed by atoms with Gasteiger partial charge >= 0.3 is 6.18 Å². The predicted molar refractivity (Wildman–Crippen MR) is 154 cm³/mol. The summed E-state index contributed by atoms with van der Waals surface area (Å²) >= 11 is 0. The fourth-order valence-corrected chi connectivity index (χ4v) is 5.03. The molecule has 1 unspecified atom stereocenters. The number of carbonyl (C=O) groups excluding carboxylic acids is 1. The molecule has 1 amide bonds. The largest absolute Gasteiger partial charge is 0.417 e. The Hall–Kier alpha value is -3.66. The van der Waals surface area contributed by atoms with E-state index in [1.54, 1.807) is 13.1 Å². The van der Waals surface area contributed by atoms with Crippen LogP contribution in [0.1, 0.15) is 52.1 Å². The molecule has 1 fully saturated rings. The molecule has 0 bridgehead atoms. The molecule has 0 saturated carbocycles. The van der Waals surface area contributed by atoms with Gasteiger partial charge in [-0.2, -0.15) is 26.7 Å². The van der Waals surface area contributed by atoms with E-state index in [4.69, 9.17) is 9.29 Å². The van der Waals surface area contributed by atoms with Crippen molar-refractivity contribution in [3.8, 4) is 5.82 Å². The Morgan fingerprint density at radius 3 is 2.37 bits per heavy atom. The van der Waals surface area contributed by atoms with Crippen LogP contribution in [0.25, 0.3) is 11.4 Å². The number of carbonyl (C=O) groups is 1. The van der Waals surface area contributed by atoms with E-state index in [1.165, 1.54) is 22.5 Å². The molecule has 0 radical (unpaired) electrons. The lowest BCUT2D eigenvalue weighted by molar-refractivity contribution is -0.137. The van der Waals surface area contributed by atoms with E-state index >= 15 is 0 Å². The van der Waals surface area contributed by atoms with Gasteiger partial charge in [-0.25, -0.2) is 9.67 Å². The van der Waals surface area contributed by atoms with E-state index in [1.807, 2.05) is 13.0 Å². The van der Waals surface area contributed by atoms with Crippen molar-refractivity contribution < 1.29 is 35.7 Å². The number of anilines is 1. The van der Waals surface area contributed by atoms with E-state index in [9.17, 15) is 26.4 Å². The number of hydrogen-bond donors (Lipinski definition) is 2. The molecular formula is C28H33F3N6O5S. The van der Waals surface area contributed by atoms with Gasteiger partial charge in [0.1, 0.15) is 0 Å². The number of morpholine rings is 1. The van der Waals surface area contributed by atoms with E-state index < -0.39 is 21.9 Å². The minimum absolute atomic E-state index is 0.188. The number of hydrogen-bond acceptors (Lipinski definition) is 8. The summed E-state index contributed by atoms with van der Waals surface area (Å²) in [4.78, 5) is 24.0. The van der Waals surface area contributed by atoms with Crippen molar-refractivity contribution in [2.24, 2.45) is 0 Å². The maximum Gasteiger partial charge on any atom is 0.417 e. The molecule has 1 aliphatic carbocycles. The van der Waals surface area contributed by atoms with Crippen LogP contribution in [0.4, 0.5) is 18.9 Å². The van der Waals surface area contributed by atoms with E-state index in [0.29, 0.717) is 23.7 Å². The van der Waals surface area contributed by atoms with Gasteiger partial charge in [0.15, 0.2) is 5.82 Å². The maximum atomic E-state index is 13.0. The summed E-state index contributed by atoms with van der Waals surface area (Å²) in [5, 5.41) is 7.00. The minimum Gasteiger partial charge on any atom is -0.379 e. The van der Waals surface area contributed by atoms with Gasteiger partial charge in [-0.1, -0.05) is 6.08 Å². The molecule has 3 aromatic rings. The normalized spacial score (nSPS) is 17.9. The number of nitrogens with one attached hydrogen (secondary N) is 1. The number of allylic oxidation sites excluding steroid dienone is 1. The van der Waals surface area contributed by atoms with E-state index in [0.717, 1.165) is 69.1 Å². The van der Waals surface area contributed by atoms with Gasteiger partial charge in [0.25, 0.3) is 16.0 Å². The molecule has 232 valence electrons. The fraction of sp³-hybridized carbons (Fsp3) is 0.429. The Balaban J connectivity index is 0.000000782. The highest BCUT2D eigenvalue weighted by Crippen LogP contribution is 2.31. The van der Waals surface area contributed by atoms with Crippen LogP contribution in [0.15, 0.2) is 42.9 Å². The van der Waals surface area contributed by atoms with Crippen molar-refractivity contribution >= 4 is 27.3 Å². The highest BCUT2D eigenvalue weighted by molar-refractivity contribution is 7.85. The van der Waals surface area contributed by atoms with Crippen LogP contribution in [0.3, 0.4) is 0 Å². The molecule has 1 aliphatic heterocycles. The lowest BCUT2D eigenvalue weighted by Crippen LogP contribution is -2.43. The lowest BCUT2D eigenvalue weighted by atomic mass is 9.90. The highest BCUT2D eigenvalue weighted by atomic mass is 32.2. The average molecular weight is 623 g/mol. The fourth-order valence-electron chi connectivity index (χ4n) is 5.03. The number of ether oxygens (including phenoxy) is 1. The maximum absolute atomic E-state index is 13.0. The molecule has 43 heavy (non-hydrogen) atoms. The van der Waals surface area contributed by atoms with Crippen molar-refractivity contribution in [2.45, 2.75) is 45.3 Å². The molecule has 0 aromatic carbocycles. The van der Waals surface area contributed by atoms with Crippen LogP contribution < -0.4 is 5.32 Å². The Labute approximate surface area is 247 Å². The van der Waals surface area contributed by atoms with Crippen molar-refractivity contribution in [1.29, 1.82) is 0 Å². The molecule has 3 aromatic heterocycles. The van der Waals surface area contributed by atoms with Gasteiger partial charge in [0.2, 0.25) is 0 Å². The zero-order valence-corrected chi connectivity index (χ0v) is 24.7. The molecule has 0 spiro atoms. The standard InChI is InChI=1S/C27H29F3N6O2.CH4O3S/c1-17-13-21(15-32-25(17)19-3-6-22(7-4-19)35-9-11-38-12-10-35)34-26(37)23-16-33-36(18(23)2)24-8-5-20(14-31-24)27(28,29)30;1-5(2,3)4/h3,5,8,13-16,22H,4,6-7,9-12H2,1-2H3,(H,34,37);1H3,(H,2,3,4). The van der Waals surface area contributed by atoms with Crippen LogP contribution >= 0.6 is 0 Å². The third kappa shape index (κ3) is 8.69. The predicted octanol–water partition coefficient (Wildman–Crippen LogP) is 4.32. The van der Waals surface area contributed by atoms with Crippen molar-refractivity contribution in [3.63, 3.8) is 0 Å². The summed E-state index contributed by atoms with van der Waals surface area (Å²) in [5.41, 5.74) is 3.60. The topological polar surface area (TPSA) is 140 Å². The number of alkyl halides is 3. The molecule has 2 aliphatic rings. The van der Waals surface area contributed by atoms with Crippen molar-refractivity contribution in [1.82, 2.24) is 24.6 Å². The number of amides is 1. The summed E-state index contributed by atoms with van der Waals surface area (Å²) in [6.07, 6.45) is 5.32. The minimum atomic E-state index is -4.48. The van der Waals surface area contributed by atoms with Crippen molar-refractivity contribution in [3.05, 3.63) is 70.9 Å². The lowest BCUT2D eigenvalue weighted by Gasteiger charge is -2.36. The summed E-state index contributed by atoms with van der Waals surface area (Å²) in [6, 6.07) is 4.60. The zero-order valence-electron chi connectivity index (χ0n) is 23.9. The molecule has 1 saturated heterocycles. The van der Waals surface area contributed by atoms with Gasteiger partial charge in [-0.05, 0) is 62.4 Å². The highest BCUT2D eigenvalue weighted by Gasteiger charge is 2.31. The van der Waals surface area contributed by atoms with Crippen LogP contribution in [0.5, 0.6) is 0 Å². The molecule has 11 nitrogen and oxygen atoms in total. The van der Waals surface area contributed by atoms with Crippen LogP contribution in [-0.4, -0.2) is 82.1 Å². The Kier molecular flexibility index (Phi) is 10.00. The summed E-state index contributed by atoms with van der Waals surface area (Å²) in [5.74, 6) is -0.201. The summed E-state index contributed by atoms with van der Waals surface area (Å²) in [7, 11) is -3.67. The molecule has 4 heterocycles. The second-order valence-corrected chi connectivity index (χ2v) is 11.8. The quantitative estimate of drug-likeness (QED) is 0.398. The van der Waals surface area contributed by atoms with Crippen molar-refractivity contribution in [2.75, 3.05) is 37.9 Å². The van der Waals surface area contributed by atoms with Gasteiger partial charge in [-0.3, -0.25) is 19.2 Å². The first-order valence-corrected chi connectivity index (χ1v) is 15.4. The number of pyridine rings is 2. The van der Waals surface area contributed by atoms with Gasteiger partial charge < -0.3 is 10.1 Å². The summed E-state index contributed by atoms with van der Waals surface area (Å²) < 4.78 is 71.2. The molecule has 1 atom stereocenters. The Morgan fingerprint density at radius 2 is 1.81 bits per heavy atom. The molecule has 2 N–H and O–H groups in total. The first kappa shape index (κ1) is 32.3. The van der Waals surface area contributed by atoms with E-state index in [-0.39, 0.29) is 17.3 Å². The zero-order chi connectivity index (χ0) is 31.4. The van der Waals surface area contributed by atoms with E-state index in [2.05, 4.69) is 31.4 Å². The average Bonchev–Trinajstić information content (AvgIpc) is 3.34. The van der Waals surface area contributed by atoms with Gasteiger partial charge in [0.05, 0.1) is 60.1 Å².